The summed E-state index contributed by atoms with van der Waals surface area (Å²) in [5.74, 6) is 0.258. The Labute approximate surface area is 109 Å². The molecule has 2 unspecified atom stereocenters. The summed E-state index contributed by atoms with van der Waals surface area (Å²) in [6, 6.07) is 5.06. The third-order valence-corrected chi connectivity index (χ3v) is 3.46. The van der Waals surface area contributed by atoms with E-state index in [9.17, 15) is 13.2 Å². The van der Waals surface area contributed by atoms with Gasteiger partial charge in [0.05, 0.1) is 16.8 Å². The van der Waals surface area contributed by atoms with E-state index in [1.54, 1.807) is 0 Å². The second-order valence-corrected chi connectivity index (χ2v) is 4.89. The first-order valence-corrected chi connectivity index (χ1v) is 5.95. The van der Waals surface area contributed by atoms with Gasteiger partial charge in [0.15, 0.2) is 0 Å². The van der Waals surface area contributed by atoms with Crippen LogP contribution < -0.4 is 10.6 Å². The first kappa shape index (κ1) is 13.7. The Morgan fingerprint density at radius 3 is 2.53 bits per heavy atom. The average Bonchev–Trinajstić information content (AvgIpc) is 2.67. The van der Waals surface area contributed by atoms with Gasteiger partial charge in [0, 0.05) is 19.1 Å². The number of hydrogen-bond acceptors (Lipinski definition) is 3. The fourth-order valence-electron chi connectivity index (χ4n) is 2.27. The number of alkyl halides is 3. The van der Waals surface area contributed by atoms with Crippen LogP contribution in [0.25, 0.3) is 0 Å². The largest absolute Gasteiger partial charge is 0.416 e. The van der Waals surface area contributed by atoms with Crippen LogP contribution >= 0.6 is 0 Å². The van der Waals surface area contributed by atoms with E-state index in [1.807, 2.05) is 17.9 Å². The molecule has 0 aliphatic carbocycles. The minimum atomic E-state index is -4.43. The molecule has 0 saturated carbocycles. The predicted octanol–water partition coefficient (Wildman–Crippen LogP) is 2.36. The van der Waals surface area contributed by atoms with Crippen molar-refractivity contribution >= 4 is 5.69 Å². The molecule has 2 atom stereocenters. The fourth-order valence-corrected chi connectivity index (χ4v) is 2.27. The van der Waals surface area contributed by atoms with Crippen LogP contribution in [-0.4, -0.2) is 19.1 Å². The van der Waals surface area contributed by atoms with Crippen LogP contribution in [0.4, 0.5) is 18.9 Å². The molecule has 0 bridgehead atoms. The van der Waals surface area contributed by atoms with Crippen molar-refractivity contribution in [3.05, 3.63) is 29.3 Å². The van der Waals surface area contributed by atoms with Gasteiger partial charge in [-0.25, -0.2) is 0 Å². The van der Waals surface area contributed by atoms with Gasteiger partial charge >= 0.3 is 6.18 Å². The van der Waals surface area contributed by atoms with Crippen molar-refractivity contribution in [3.63, 3.8) is 0 Å². The first-order valence-electron chi connectivity index (χ1n) is 5.95. The zero-order valence-corrected chi connectivity index (χ0v) is 10.4. The molecular weight excluding hydrogens is 255 g/mol. The molecule has 2 N–H and O–H groups in total. The fraction of sp³-hybridized carbons (Fsp3) is 0.462. The summed E-state index contributed by atoms with van der Waals surface area (Å²) in [6.07, 6.45) is -4.43. The number of hydrogen-bond donors (Lipinski definition) is 1. The maximum atomic E-state index is 12.6. The molecule has 19 heavy (non-hydrogen) atoms. The number of nitriles is 1. The Bertz CT molecular complexity index is 509. The molecule has 102 valence electrons. The average molecular weight is 269 g/mol. The highest BCUT2D eigenvalue weighted by atomic mass is 19.4. The Hall–Kier alpha value is -1.74. The van der Waals surface area contributed by atoms with Crippen LogP contribution in [0.2, 0.25) is 0 Å². The summed E-state index contributed by atoms with van der Waals surface area (Å²) >= 11 is 0. The minimum absolute atomic E-state index is 0.0196. The van der Waals surface area contributed by atoms with Crippen LogP contribution in [-0.2, 0) is 6.18 Å². The zero-order chi connectivity index (χ0) is 14.2. The van der Waals surface area contributed by atoms with Crippen LogP contribution in [0.5, 0.6) is 0 Å². The van der Waals surface area contributed by atoms with Gasteiger partial charge in [0.1, 0.15) is 6.07 Å². The lowest BCUT2D eigenvalue weighted by molar-refractivity contribution is -0.137. The van der Waals surface area contributed by atoms with Crippen LogP contribution in [0.3, 0.4) is 0 Å². The monoisotopic (exact) mass is 269 g/mol. The van der Waals surface area contributed by atoms with E-state index < -0.39 is 11.7 Å². The Balaban J connectivity index is 2.36. The lowest BCUT2D eigenvalue weighted by Crippen LogP contribution is -2.28. The number of halogens is 3. The van der Waals surface area contributed by atoms with Crippen molar-refractivity contribution in [3.8, 4) is 6.07 Å². The predicted molar refractivity (Wildman–Crippen MR) is 65.5 cm³/mol. The highest BCUT2D eigenvalue weighted by molar-refractivity contribution is 5.61. The first-order chi connectivity index (χ1) is 8.82. The van der Waals surface area contributed by atoms with E-state index in [2.05, 4.69) is 0 Å². The lowest BCUT2D eigenvalue weighted by Gasteiger charge is -2.20. The van der Waals surface area contributed by atoms with Crippen molar-refractivity contribution in [2.45, 2.75) is 19.1 Å². The van der Waals surface area contributed by atoms with Crippen LogP contribution in [0.1, 0.15) is 18.1 Å². The number of anilines is 1. The van der Waals surface area contributed by atoms with Gasteiger partial charge < -0.3 is 10.6 Å². The SMILES string of the molecule is CC1CN(c2ccc(C(F)(F)F)cc2C#N)CC1N. The highest BCUT2D eigenvalue weighted by Crippen LogP contribution is 2.34. The molecule has 1 saturated heterocycles. The Kier molecular flexibility index (Phi) is 3.42. The molecule has 1 aromatic rings. The normalized spacial score (nSPS) is 23.5. The maximum absolute atomic E-state index is 12.6. The highest BCUT2D eigenvalue weighted by Gasteiger charge is 2.33. The van der Waals surface area contributed by atoms with Crippen LogP contribution in [0, 0.1) is 17.2 Å². The Morgan fingerprint density at radius 2 is 2.05 bits per heavy atom. The standard InChI is InChI=1S/C13H14F3N3/c1-8-6-19(7-11(8)18)12-3-2-10(13(14,15)16)4-9(12)5-17/h2-4,8,11H,6-7,18H2,1H3. The lowest BCUT2D eigenvalue weighted by atomic mass is 10.1. The molecule has 3 nitrogen and oxygen atoms in total. The third-order valence-electron chi connectivity index (χ3n) is 3.46. The summed E-state index contributed by atoms with van der Waals surface area (Å²) in [5.41, 5.74) is 5.65. The van der Waals surface area contributed by atoms with Gasteiger partial charge in [0.2, 0.25) is 0 Å². The second kappa shape index (κ2) is 4.74. The van der Waals surface area contributed by atoms with Crippen molar-refractivity contribution in [1.82, 2.24) is 0 Å². The molecule has 1 aromatic carbocycles. The summed E-state index contributed by atoms with van der Waals surface area (Å²) in [4.78, 5) is 1.87. The summed E-state index contributed by atoms with van der Waals surface area (Å²) in [6.45, 7) is 3.20. The number of benzene rings is 1. The van der Waals surface area contributed by atoms with Gasteiger partial charge in [-0.3, -0.25) is 0 Å². The quantitative estimate of drug-likeness (QED) is 0.851. The van der Waals surface area contributed by atoms with Crippen molar-refractivity contribution in [2.24, 2.45) is 11.7 Å². The summed E-state index contributed by atoms with van der Waals surface area (Å²) in [5, 5.41) is 9.03. The molecule has 2 rings (SSSR count). The number of nitrogens with two attached hydrogens (primary N) is 1. The third kappa shape index (κ3) is 2.66. The van der Waals surface area contributed by atoms with Gasteiger partial charge in [0.25, 0.3) is 0 Å². The molecular formula is C13H14F3N3. The smallest absolute Gasteiger partial charge is 0.369 e. The van der Waals surface area contributed by atoms with Crippen molar-refractivity contribution < 1.29 is 13.2 Å². The molecule has 1 heterocycles. The Morgan fingerprint density at radius 1 is 1.37 bits per heavy atom. The van der Waals surface area contributed by atoms with Crippen LogP contribution in [0.15, 0.2) is 18.2 Å². The molecule has 0 spiro atoms. The summed E-state index contributed by atoms with van der Waals surface area (Å²) < 4.78 is 37.8. The number of nitrogens with zero attached hydrogens (tertiary/aromatic N) is 2. The van der Waals surface area contributed by atoms with E-state index in [-0.39, 0.29) is 17.5 Å². The second-order valence-electron chi connectivity index (χ2n) is 4.89. The van der Waals surface area contributed by atoms with E-state index in [1.165, 1.54) is 6.07 Å². The van der Waals surface area contributed by atoms with E-state index in [0.29, 0.717) is 18.8 Å². The van der Waals surface area contributed by atoms with E-state index >= 15 is 0 Å². The minimum Gasteiger partial charge on any atom is -0.369 e. The number of rotatable bonds is 1. The molecule has 0 amide bonds. The maximum Gasteiger partial charge on any atom is 0.416 e. The van der Waals surface area contributed by atoms with Crippen molar-refractivity contribution in [2.75, 3.05) is 18.0 Å². The van der Waals surface area contributed by atoms with E-state index in [0.717, 1.165) is 12.1 Å². The van der Waals surface area contributed by atoms with Crippen molar-refractivity contribution in [1.29, 1.82) is 5.26 Å². The molecule has 1 aliphatic rings. The molecule has 0 aromatic heterocycles. The summed E-state index contributed by atoms with van der Waals surface area (Å²) in [7, 11) is 0. The van der Waals surface area contributed by atoms with Gasteiger partial charge in [-0.05, 0) is 24.1 Å². The van der Waals surface area contributed by atoms with Gasteiger partial charge in [-0.2, -0.15) is 18.4 Å². The molecule has 6 heteroatoms. The zero-order valence-electron chi connectivity index (χ0n) is 10.4. The van der Waals surface area contributed by atoms with Gasteiger partial charge in [-0.15, -0.1) is 0 Å². The molecule has 1 aliphatic heterocycles. The van der Waals surface area contributed by atoms with Gasteiger partial charge in [-0.1, -0.05) is 6.92 Å². The molecule has 0 radical (unpaired) electrons. The molecule has 1 fully saturated rings. The van der Waals surface area contributed by atoms with E-state index in [4.69, 9.17) is 11.0 Å². The topological polar surface area (TPSA) is 53.0 Å².